The van der Waals surface area contributed by atoms with E-state index in [-0.39, 0.29) is 12.0 Å². The summed E-state index contributed by atoms with van der Waals surface area (Å²) in [5.74, 6) is 1.68. The number of methoxy groups -OCH3 is 1. The first kappa shape index (κ1) is 26.1. The number of alkyl halides is 1. The van der Waals surface area contributed by atoms with E-state index in [1.807, 2.05) is 36.5 Å². The van der Waals surface area contributed by atoms with E-state index in [1.165, 1.54) is 6.20 Å². The Hall–Kier alpha value is -1.93. The van der Waals surface area contributed by atoms with Crippen molar-refractivity contribution in [3.63, 3.8) is 0 Å². The molecule has 1 aliphatic heterocycles. The predicted molar refractivity (Wildman–Crippen MR) is 141 cm³/mol. The van der Waals surface area contributed by atoms with Crippen LogP contribution < -0.4 is 4.74 Å². The molecule has 0 spiro atoms. The number of likely N-dealkylation sites (tertiary alicyclic amines) is 1. The lowest BCUT2D eigenvalue weighted by atomic mass is 9.74. The average molecular weight is 518 g/mol. The second kappa shape index (κ2) is 12.3. The summed E-state index contributed by atoms with van der Waals surface area (Å²) in [6.07, 6.45) is 5.90. The summed E-state index contributed by atoms with van der Waals surface area (Å²) in [6, 6.07) is 11.4. The SMILES string of the molecule is COc1ccc2ncc(Cl)c(C(F)CCC3(CO)CCN(CCCSc4ccccn4)CC3)c2c1. The lowest BCUT2D eigenvalue weighted by Crippen LogP contribution is -2.42. The molecule has 1 aromatic carbocycles. The number of piperidine rings is 1. The molecule has 1 N–H and O–H groups in total. The number of aliphatic hydroxyl groups is 1. The lowest BCUT2D eigenvalue weighted by Gasteiger charge is -2.41. The summed E-state index contributed by atoms with van der Waals surface area (Å²) >= 11 is 8.18. The van der Waals surface area contributed by atoms with Crippen molar-refractivity contribution in [2.75, 3.05) is 39.1 Å². The van der Waals surface area contributed by atoms with E-state index in [9.17, 15) is 5.11 Å². The van der Waals surface area contributed by atoms with Gasteiger partial charge in [0.1, 0.15) is 11.9 Å². The molecule has 35 heavy (non-hydrogen) atoms. The number of hydrogen-bond donors (Lipinski definition) is 1. The van der Waals surface area contributed by atoms with Gasteiger partial charge in [-0.1, -0.05) is 17.7 Å². The third-order valence-corrected chi connectivity index (χ3v) is 8.40. The summed E-state index contributed by atoms with van der Waals surface area (Å²) in [5.41, 5.74) is 0.919. The molecule has 3 heterocycles. The smallest absolute Gasteiger partial charge is 0.127 e. The van der Waals surface area contributed by atoms with Crippen molar-refractivity contribution in [2.45, 2.75) is 43.3 Å². The molecule has 0 aliphatic carbocycles. The van der Waals surface area contributed by atoms with Crippen molar-refractivity contribution in [2.24, 2.45) is 5.41 Å². The molecule has 0 bridgehead atoms. The molecule has 188 valence electrons. The van der Waals surface area contributed by atoms with Crippen molar-refractivity contribution < 1.29 is 14.2 Å². The Balaban J connectivity index is 1.30. The molecule has 2 aromatic heterocycles. The Bertz CT molecular complexity index is 1100. The highest BCUT2D eigenvalue weighted by Crippen LogP contribution is 2.41. The number of benzene rings is 1. The number of ether oxygens (including phenoxy) is 1. The van der Waals surface area contributed by atoms with Crippen LogP contribution in [0, 0.1) is 5.41 Å². The summed E-state index contributed by atoms with van der Waals surface area (Å²) in [4.78, 5) is 11.1. The molecule has 3 aromatic rings. The fraction of sp³-hybridized carbons (Fsp3) is 0.481. The van der Waals surface area contributed by atoms with Gasteiger partial charge in [0, 0.05) is 35.7 Å². The van der Waals surface area contributed by atoms with Gasteiger partial charge in [0.25, 0.3) is 0 Å². The lowest BCUT2D eigenvalue weighted by molar-refractivity contribution is 0.0304. The maximum atomic E-state index is 15.6. The maximum Gasteiger partial charge on any atom is 0.127 e. The van der Waals surface area contributed by atoms with Crippen molar-refractivity contribution in [1.82, 2.24) is 14.9 Å². The highest BCUT2D eigenvalue weighted by atomic mass is 35.5. The van der Waals surface area contributed by atoms with Gasteiger partial charge < -0.3 is 14.7 Å². The summed E-state index contributed by atoms with van der Waals surface area (Å²) in [5, 5.41) is 12.3. The number of pyridine rings is 2. The Morgan fingerprint density at radius 1 is 1.23 bits per heavy atom. The zero-order valence-corrected chi connectivity index (χ0v) is 21.7. The Morgan fingerprint density at radius 2 is 2.06 bits per heavy atom. The monoisotopic (exact) mass is 517 g/mol. The third kappa shape index (κ3) is 6.64. The van der Waals surface area contributed by atoms with Gasteiger partial charge in [-0.2, -0.15) is 0 Å². The first-order valence-corrected chi connectivity index (χ1v) is 13.5. The minimum absolute atomic E-state index is 0.0851. The molecule has 0 amide bonds. The second-order valence-corrected chi connectivity index (χ2v) is 10.8. The van der Waals surface area contributed by atoms with Gasteiger partial charge in [0.15, 0.2) is 0 Å². The number of aliphatic hydroxyl groups excluding tert-OH is 1. The molecule has 1 aliphatic rings. The topological polar surface area (TPSA) is 58.5 Å². The minimum atomic E-state index is -1.23. The fourth-order valence-electron chi connectivity index (χ4n) is 4.83. The van der Waals surface area contributed by atoms with Gasteiger partial charge >= 0.3 is 0 Å². The average Bonchev–Trinajstić information content (AvgIpc) is 2.90. The molecule has 0 radical (unpaired) electrons. The van der Waals surface area contributed by atoms with Gasteiger partial charge in [-0.15, -0.1) is 11.8 Å². The van der Waals surface area contributed by atoms with Gasteiger partial charge in [0.2, 0.25) is 0 Å². The number of aromatic nitrogens is 2. The van der Waals surface area contributed by atoms with Crippen molar-refractivity contribution in [1.29, 1.82) is 0 Å². The van der Waals surface area contributed by atoms with Crippen LogP contribution >= 0.6 is 23.4 Å². The number of fused-ring (bicyclic) bond motifs is 1. The molecule has 5 nitrogen and oxygen atoms in total. The minimum Gasteiger partial charge on any atom is -0.497 e. The highest BCUT2D eigenvalue weighted by Gasteiger charge is 2.35. The van der Waals surface area contributed by atoms with Crippen LogP contribution in [0.5, 0.6) is 5.75 Å². The maximum absolute atomic E-state index is 15.6. The Morgan fingerprint density at radius 3 is 2.77 bits per heavy atom. The summed E-state index contributed by atoms with van der Waals surface area (Å²) in [7, 11) is 1.59. The molecule has 1 atom stereocenters. The van der Waals surface area contributed by atoms with Crippen LogP contribution in [-0.4, -0.2) is 59.1 Å². The zero-order chi connectivity index (χ0) is 24.7. The van der Waals surface area contributed by atoms with Crippen LogP contribution in [0.3, 0.4) is 0 Å². The van der Waals surface area contributed by atoms with E-state index < -0.39 is 6.17 Å². The van der Waals surface area contributed by atoms with E-state index in [1.54, 1.807) is 24.9 Å². The molecule has 0 saturated carbocycles. The van der Waals surface area contributed by atoms with Crippen LogP contribution in [0.4, 0.5) is 4.39 Å². The molecular formula is C27H33ClFN3O2S. The number of halogens is 2. The van der Waals surface area contributed by atoms with Crippen molar-refractivity contribution >= 4 is 34.3 Å². The first-order valence-electron chi connectivity index (χ1n) is 12.2. The third-order valence-electron chi connectivity index (χ3n) is 7.07. The van der Waals surface area contributed by atoms with Gasteiger partial charge in [-0.25, -0.2) is 9.37 Å². The van der Waals surface area contributed by atoms with E-state index in [0.717, 1.165) is 49.7 Å². The standard InChI is InChI=1S/C27H33ClFN3O2S/c1-34-20-6-7-24-21(17-20)26(22(28)18-31-24)23(29)8-9-27(19-33)10-14-32(15-11-27)13-4-16-35-25-5-2-3-12-30-25/h2-3,5-7,12,17-18,23,33H,4,8-11,13-16,19H2,1H3. The quantitative estimate of drug-likeness (QED) is 0.236. The summed E-state index contributed by atoms with van der Waals surface area (Å²) < 4.78 is 20.9. The molecule has 1 unspecified atom stereocenters. The number of nitrogens with zero attached hydrogens (tertiary/aromatic N) is 3. The van der Waals surface area contributed by atoms with E-state index in [0.29, 0.717) is 40.1 Å². The van der Waals surface area contributed by atoms with E-state index in [4.69, 9.17) is 16.3 Å². The van der Waals surface area contributed by atoms with Crippen molar-refractivity contribution in [3.8, 4) is 5.75 Å². The first-order chi connectivity index (χ1) is 17.0. The largest absolute Gasteiger partial charge is 0.497 e. The van der Waals surface area contributed by atoms with E-state index in [2.05, 4.69) is 14.9 Å². The molecule has 4 rings (SSSR count). The van der Waals surface area contributed by atoms with Crippen LogP contribution in [0.1, 0.15) is 43.8 Å². The van der Waals surface area contributed by atoms with Crippen LogP contribution in [-0.2, 0) is 0 Å². The zero-order valence-electron chi connectivity index (χ0n) is 20.1. The van der Waals surface area contributed by atoms with Gasteiger partial charge in [-0.3, -0.25) is 4.98 Å². The summed E-state index contributed by atoms with van der Waals surface area (Å²) in [6.45, 7) is 2.99. The number of rotatable bonds is 11. The highest BCUT2D eigenvalue weighted by molar-refractivity contribution is 7.99. The van der Waals surface area contributed by atoms with E-state index >= 15 is 4.39 Å². The molecule has 8 heteroatoms. The normalized spacial score (nSPS) is 16.9. The van der Waals surface area contributed by atoms with Gasteiger partial charge in [-0.05, 0) is 87.5 Å². The molecule has 1 fully saturated rings. The Labute approximate surface area is 216 Å². The molecular weight excluding hydrogens is 485 g/mol. The second-order valence-electron chi connectivity index (χ2n) is 9.28. The van der Waals surface area contributed by atoms with Crippen molar-refractivity contribution in [3.05, 3.63) is 59.4 Å². The number of hydrogen-bond acceptors (Lipinski definition) is 6. The van der Waals surface area contributed by atoms with Crippen LogP contribution in [0.15, 0.2) is 53.8 Å². The van der Waals surface area contributed by atoms with Crippen LogP contribution in [0.25, 0.3) is 10.9 Å². The Kier molecular flexibility index (Phi) is 9.22. The number of thioether (sulfide) groups is 1. The van der Waals surface area contributed by atoms with Crippen LogP contribution in [0.2, 0.25) is 5.02 Å². The molecule has 1 saturated heterocycles. The fourth-order valence-corrected chi connectivity index (χ4v) is 5.89. The predicted octanol–water partition coefficient (Wildman–Crippen LogP) is 6.34. The van der Waals surface area contributed by atoms with Gasteiger partial charge in [0.05, 0.1) is 22.7 Å².